The van der Waals surface area contributed by atoms with Crippen molar-refractivity contribution in [3.05, 3.63) is 42.5 Å². The standard InChI is InChI=1S/C21H36O4Si/c1-8-18(22)15-20(25-26(6,7)21(2,3)4)13-14-24-16-17-9-11-19(23-5)12-10-17/h8-12,18,20,22H,1,13-16H2,2-7H3/t18-,20-/m1/s1. The lowest BCUT2D eigenvalue weighted by Crippen LogP contribution is -2.44. The van der Waals surface area contributed by atoms with Gasteiger partial charge in [-0.2, -0.15) is 0 Å². The Bertz CT molecular complexity index is 534. The van der Waals surface area contributed by atoms with Gasteiger partial charge in [0.25, 0.3) is 0 Å². The normalized spacial score (nSPS) is 14.7. The molecule has 0 saturated carbocycles. The van der Waals surface area contributed by atoms with E-state index in [9.17, 15) is 5.11 Å². The van der Waals surface area contributed by atoms with Crippen molar-refractivity contribution in [2.75, 3.05) is 13.7 Å². The van der Waals surface area contributed by atoms with E-state index in [1.165, 1.54) is 0 Å². The van der Waals surface area contributed by atoms with Crippen molar-refractivity contribution in [1.29, 1.82) is 0 Å². The van der Waals surface area contributed by atoms with E-state index in [1.54, 1.807) is 13.2 Å². The quantitative estimate of drug-likeness (QED) is 0.336. The van der Waals surface area contributed by atoms with E-state index in [2.05, 4.69) is 40.4 Å². The maximum Gasteiger partial charge on any atom is 0.192 e. The van der Waals surface area contributed by atoms with Crippen LogP contribution < -0.4 is 4.74 Å². The molecule has 1 aromatic rings. The third-order valence-corrected chi connectivity index (χ3v) is 9.59. The number of aliphatic hydroxyl groups excluding tert-OH is 1. The van der Waals surface area contributed by atoms with Crippen LogP contribution in [0.5, 0.6) is 5.75 Å². The van der Waals surface area contributed by atoms with Crippen molar-refractivity contribution in [3.8, 4) is 5.75 Å². The van der Waals surface area contributed by atoms with Gasteiger partial charge in [0.05, 0.1) is 25.9 Å². The molecule has 0 heterocycles. The Morgan fingerprint density at radius 1 is 1.19 bits per heavy atom. The molecule has 0 spiro atoms. The summed E-state index contributed by atoms with van der Waals surface area (Å²) in [7, 11) is -0.239. The summed E-state index contributed by atoms with van der Waals surface area (Å²) in [5.74, 6) is 0.843. The average molecular weight is 381 g/mol. The molecule has 1 rings (SSSR count). The van der Waals surface area contributed by atoms with Crippen LogP contribution in [-0.2, 0) is 15.8 Å². The predicted molar refractivity (Wildman–Crippen MR) is 110 cm³/mol. The molecular formula is C21H36O4Si. The fourth-order valence-electron chi connectivity index (χ4n) is 2.31. The van der Waals surface area contributed by atoms with Crippen LogP contribution in [0.1, 0.15) is 39.2 Å². The summed E-state index contributed by atoms with van der Waals surface area (Å²) in [6.07, 6.45) is 2.31. The molecule has 0 aliphatic rings. The molecule has 0 aliphatic heterocycles. The molecule has 0 aliphatic carbocycles. The van der Waals surface area contributed by atoms with Gasteiger partial charge in [-0.15, -0.1) is 6.58 Å². The zero-order chi connectivity index (χ0) is 19.8. The maximum atomic E-state index is 9.98. The maximum absolute atomic E-state index is 9.98. The lowest BCUT2D eigenvalue weighted by atomic mass is 10.1. The van der Waals surface area contributed by atoms with E-state index in [0.717, 1.165) is 17.7 Å². The largest absolute Gasteiger partial charge is 0.497 e. The highest BCUT2D eigenvalue weighted by atomic mass is 28.4. The molecule has 1 N–H and O–H groups in total. The summed E-state index contributed by atoms with van der Waals surface area (Å²) in [6, 6.07) is 7.87. The fraction of sp³-hybridized carbons (Fsp3) is 0.619. The average Bonchev–Trinajstić information content (AvgIpc) is 2.57. The Kier molecular flexibility index (Phi) is 9.03. The molecule has 26 heavy (non-hydrogen) atoms. The predicted octanol–water partition coefficient (Wildman–Crippen LogP) is 4.93. The van der Waals surface area contributed by atoms with E-state index < -0.39 is 14.4 Å². The highest BCUT2D eigenvalue weighted by Gasteiger charge is 2.39. The number of rotatable bonds is 11. The first kappa shape index (κ1) is 22.9. The topological polar surface area (TPSA) is 47.9 Å². The van der Waals surface area contributed by atoms with Gasteiger partial charge in [0.1, 0.15) is 5.75 Å². The first-order valence-electron chi connectivity index (χ1n) is 9.28. The Hall–Kier alpha value is -1.14. The van der Waals surface area contributed by atoms with E-state index in [0.29, 0.717) is 19.6 Å². The van der Waals surface area contributed by atoms with Crippen molar-refractivity contribution >= 4 is 8.32 Å². The van der Waals surface area contributed by atoms with Crippen molar-refractivity contribution in [3.63, 3.8) is 0 Å². The van der Waals surface area contributed by atoms with Crippen LogP contribution in [0.2, 0.25) is 18.1 Å². The van der Waals surface area contributed by atoms with Gasteiger partial charge < -0.3 is 19.0 Å². The second-order valence-electron chi connectivity index (χ2n) is 8.23. The zero-order valence-electron chi connectivity index (χ0n) is 17.2. The molecule has 0 amide bonds. The molecule has 4 nitrogen and oxygen atoms in total. The number of hydrogen-bond donors (Lipinski definition) is 1. The Labute approximate surface area is 160 Å². The molecule has 2 atom stereocenters. The fourth-order valence-corrected chi connectivity index (χ4v) is 3.71. The highest BCUT2D eigenvalue weighted by Crippen LogP contribution is 2.38. The number of ether oxygens (including phenoxy) is 2. The van der Waals surface area contributed by atoms with Crippen molar-refractivity contribution in [2.24, 2.45) is 0 Å². The second-order valence-corrected chi connectivity index (χ2v) is 13.0. The molecule has 1 aromatic carbocycles. The minimum atomic E-state index is -1.90. The number of hydrogen-bond acceptors (Lipinski definition) is 4. The first-order chi connectivity index (χ1) is 12.1. The van der Waals surface area contributed by atoms with Gasteiger partial charge in [-0.3, -0.25) is 0 Å². The minimum absolute atomic E-state index is 0.0280. The second kappa shape index (κ2) is 10.3. The van der Waals surface area contributed by atoms with Crippen LogP contribution in [0, 0.1) is 0 Å². The smallest absolute Gasteiger partial charge is 0.192 e. The molecule has 0 fully saturated rings. The lowest BCUT2D eigenvalue weighted by Gasteiger charge is -2.39. The van der Waals surface area contributed by atoms with Crippen LogP contribution >= 0.6 is 0 Å². The Morgan fingerprint density at radius 2 is 1.81 bits per heavy atom. The Balaban J connectivity index is 2.55. The number of benzene rings is 1. The van der Waals surface area contributed by atoms with Crippen LogP contribution in [0.25, 0.3) is 0 Å². The number of methoxy groups -OCH3 is 1. The molecule has 5 heteroatoms. The minimum Gasteiger partial charge on any atom is -0.497 e. The van der Waals surface area contributed by atoms with Crippen molar-refractivity contribution in [2.45, 2.75) is 70.6 Å². The third kappa shape index (κ3) is 7.62. The van der Waals surface area contributed by atoms with Gasteiger partial charge in [0, 0.05) is 13.0 Å². The SMILES string of the molecule is C=C[C@@H](O)C[C@@H](CCOCc1ccc(OC)cc1)O[Si](C)(C)C(C)(C)C. The van der Waals surface area contributed by atoms with E-state index in [-0.39, 0.29) is 11.1 Å². The summed E-state index contributed by atoms with van der Waals surface area (Å²) >= 11 is 0. The number of aliphatic hydroxyl groups is 1. The third-order valence-electron chi connectivity index (χ3n) is 5.06. The van der Waals surface area contributed by atoms with Gasteiger partial charge in [-0.25, -0.2) is 0 Å². The first-order valence-corrected chi connectivity index (χ1v) is 12.2. The molecule has 0 aromatic heterocycles. The van der Waals surface area contributed by atoms with Crippen LogP contribution in [0.3, 0.4) is 0 Å². The summed E-state index contributed by atoms with van der Waals surface area (Å²) < 4.78 is 17.5. The summed E-state index contributed by atoms with van der Waals surface area (Å²) in [5, 5.41) is 10.1. The van der Waals surface area contributed by atoms with Gasteiger partial charge >= 0.3 is 0 Å². The van der Waals surface area contributed by atoms with E-state index >= 15 is 0 Å². The lowest BCUT2D eigenvalue weighted by molar-refractivity contribution is 0.0567. The van der Waals surface area contributed by atoms with Gasteiger partial charge in [0.2, 0.25) is 0 Å². The van der Waals surface area contributed by atoms with E-state index in [1.807, 2.05) is 24.3 Å². The summed E-state index contributed by atoms with van der Waals surface area (Å²) in [6.45, 7) is 16.0. The summed E-state index contributed by atoms with van der Waals surface area (Å²) in [4.78, 5) is 0. The Morgan fingerprint density at radius 3 is 2.31 bits per heavy atom. The molecule has 0 unspecified atom stereocenters. The molecular weight excluding hydrogens is 344 g/mol. The molecule has 0 bridgehead atoms. The van der Waals surface area contributed by atoms with Crippen LogP contribution in [0.15, 0.2) is 36.9 Å². The van der Waals surface area contributed by atoms with E-state index in [4.69, 9.17) is 13.9 Å². The van der Waals surface area contributed by atoms with Crippen LogP contribution in [-0.4, -0.2) is 39.3 Å². The monoisotopic (exact) mass is 380 g/mol. The van der Waals surface area contributed by atoms with Gasteiger partial charge in [-0.05, 0) is 42.2 Å². The zero-order valence-corrected chi connectivity index (χ0v) is 18.2. The summed E-state index contributed by atoms with van der Waals surface area (Å²) in [5.41, 5.74) is 1.11. The molecule has 0 saturated heterocycles. The molecule has 0 radical (unpaired) electrons. The molecule has 148 valence electrons. The van der Waals surface area contributed by atoms with Crippen molar-refractivity contribution < 1.29 is 19.0 Å². The van der Waals surface area contributed by atoms with Crippen molar-refractivity contribution in [1.82, 2.24) is 0 Å². The van der Waals surface area contributed by atoms with Gasteiger partial charge in [0.15, 0.2) is 8.32 Å². The van der Waals surface area contributed by atoms with Crippen LogP contribution in [0.4, 0.5) is 0 Å². The highest BCUT2D eigenvalue weighted by molar-refractivity contribution is 6.74. The van der Waals surface area contributed by atoms with Gasteiger partial charge in [-0.1, -0.05) is 39.0 Å².